The van der Waals surface area contributed by atoms with Crippen molar-refractivity contribution in [2.75, 3.05) is 25.2 Å². The van der Waals surface area contributed by atoms with Crippen molar-refractivity contribution in [3.05, 3.63) is 27.9 Å². The Kier molecular flexibility index (Phi) is 4.53. The molecule has 0 saturated heterocycles. The highest BCUT2D eigenvalue weighted by Crippen LogP contribution is 2.31. The fraction of sp³-hybridized carbons (Fsp3) is 0.500. The van der Waals surface area contributed by atoms with Gasteiger partial charge in [0.25, 0.3) is 5.69 Å². The normalized spacial score (nSPS) is 15.0. The number of rotatable bonds is 7. The van der Waals surface area contributed by atoms with Gasteiger partial charge < -0.3 is 20.6 Å². The summed E-state index contributed by atoms with van der Waals surface area (Å²) in [5.41, 5.74) is 5.05. The van der Waals surface area contributed by atoms with E-state index in [-0.39, 0.29) is 17.2 Å². The second-order valence-corrected chi connectivity index (χ2v) is 4.70. The fourth-order valence-corrected chi connectivity index (χ4v) is 2.04. The van der Waals surface area contributed by atoms with Crippen LogP contribution >= 0.6 is 0 Å². The van der Waals surface area contributed by atoms with Crippen molar-refractivity contribution >= 4 is 17.3 Å². The van der Waals surface area contributed by atoms with Crippen molar-refractivity contribution < 1.29 is 14.9 Å². The molecule has 9 nitrogen and oxygen atoms in total. The maximum Gasteiger partial charge on any atom is 0.298 e. The SMILES string of the molecule is COCCN(c1ccc([N+](=O)[O-])c(/C(N)=N/O)n1)C1CC1. The maximum absolute atomic E-state index is 11.0. The first kappa shape index (κ1) is 15.0. The average molecular weight is 295 g/mol. The Hall–Kier alpha value is -2.42. The van der Waals surface area contributed by atoms with Crippen LogP contribution in [0.1, 0.15) is 18.5 Å². The highest BCUT2D eigenvalue weighted by Gasteiger charge is 2.31. The van der Waals surface area contributed by atoms with Crippen LogP contribution in [-0.2, 0) is 4.74 Å². The number of hydrogen-bond donors (Lipinski definition) is 2. The van der Waals surface area contributed by atoms with Crippen LogP contribution in [0, 0.1) is 10.1 Å². The van der Waals surface area contributed by atoms with Gasteiger partial charge in [-0.25, -0.2) is 4.98 Å². The van der Waals surface area contributed by atoms with E-state index in [0.29, 0.717) is 25.0 Å². The molecule has 0 aromatic carbocycles. The molecule has 0 amide bonds. The summed E-state index contributed by atoms with van der Waals surface area (Å²) in [6.45, 7) is 1.15. The van der Waals surface area contributed by atoms with E-state index in [4.69, 9.17) is 15.7 Å². The molecular formula is C12H17N5O4. The minimum Gasteiger partial charge on any atom is -0.409 e. The van der Waals surface area contributed by atoms with Crippen LogP contribution in [0.4, 0.5) is 11.5 Å². The van der Waals surface area contributed by atoms with E-state index in [1.54, 1.807) is 13.2 Å². The molecule has 21 heavy (non-hydrogen) atoms. The zero-order chi connectivity index (χ0) is 15.4. The van der Waals surface area contributed by atoms with E-state index in [9.17, 15) is 10.1 Å². The number of amidine groups is 1. The predicted octanol–water partition coefficient (Wildman–Crippen LogP) is 0.700. The lowest BCUT2D eigenvalue weighted by Gasteiger charge is -2.23. The fourth-order valence-electron chi connectivity index (χ4n) is 2.04. The van der Waals surface area contributed by atoms with Gasteiger partial charge in [0, 0.05) is 25.8 Å². The Balaban J connectivity index is 2.37. The van der Waals surface area contributed by atoms with Crippen LogP contribution in [0.3, 0.4) is 0 Å². The molecule has 0 spiro atoms. The number of ether oxygens (including phenoxy) is 1. The summed E-state index contributed by atoms with van der Waals surface area (Å²) in [6.07, 6.45) is 2.09. The molecule has 1 heterocycles. The first-order chi connectivity index (χ1) is 10.1. The molecule has 2 rings (SSSR count). The Morgan fingerprint density at radius 2 is 2.38 bits per heavy atom. The molecule has 1 aromatic heterocycles. The quantitative estimate of drug-likeness (QED) is 0.249. The molecule has 1 aliphatic carbocycles. The van der Waals surface area contributed by atoms with Crippen LogP contribution in [-0.4, -0.2) is 47.3 Å². The van der Waals surface area contributed by atoms with Gasteiger partial charge in [0.1, 0.15) is 5.82 Å². The van der Waals surface area contributed by atoms with E-state index in [1.807, 2.05) is 4.90 Å². The smallest absolute Gasteiger partial charge is 0.298 e. The van der Waals surface area contributed by atoms with Gasteiger partial charge in [-0.3, -0.25) is 10.1 Å². The van der Waals surface area contributed by atoms with Gasteiger partial charge in [0.15, 0.2) is 11.5 Å². The van der Waals surface area contributed by atoms with Gasteiger partial charge in [-0.2, -0.15) is 0 Å². The molecule has 3 N–H and O–H groups in total. The highest BCUT2D eigenvalue weighted by molar-refractivity contribution is 5.99. The summed E-state index contributed by atoms with van der Waals surface area (Å²) < 4.78 is 5.07. The van der Waals surface area contributed by atoms with E-state index >= 15 is 0 Å². The summed E-state index contributed by atoms with van der Waals surface area (Å²) >= 11 is 0. The van der Waals surface area contributed by atoms with Crippen molar-refractivity contribution in [1.82, 2.24) is 4.98 Å². The number of pyridine rings is 1. The molecule has 0 unspecified atom stereocenters. The van der Waals surface area contributed by atoms with E-state index in [0.717, 1.165) is 12.8 Å². The molecule has 1 aromatic rings. The van der Waals surface area contributed by atoms with Crippen molar-refractivity contribution in [3.63, 3.8) is 0 Å². The maximum atomic E-state index is 11.0. The van der Waals surface area contributed by atoms with Crippen molar-refractivity contribution in [1.29, 1.82) is 0 Å². The number of nitrogens with two attached hydrogens (primary N) is 1. The summed E-state index contributed by atoms with van der Waals surface area (Å²) in [4.78, 5) is 16.6. The second-order valence-electron chi connectivity index (χ2n) is 4.70. The Morgan fingerprint density at radius 3 is 2.90 bits per heavy atom. The topological polar surface area (TPSA) is 127 Å². The van der Waals surface area contributed by atoms with E-state index < -0.39 is 4.92 Å². The van der Waals surface area contributed by atoms with Crippen molar-refractivity contribution in [2.24, 2.45) is 10.9 Å². The number of methoxy groups -OCH3 is 1. The monoisotopic (exact) mass is 295 g/mol. The van der Waals surface area contributed by atoms with E-state index in [1.165, 1.54) is 6.07 Å². The lowest BCUT2D eigenvalue weighted by molar-refractivity contribution is -0.385. The molecule has 1 fully saturated rings. The Morgan fingerprint density at radius 1 is 1.67 bits per heavy atom. The zero-order valence-electron chi connectivity index (χ0n) is 11.6. The van der Waals surface area contributed by atoms with Crippen molar-refractivity contribution in [2.45, 2.75) is 18.9 Å². The largest absolute Gasteiger partial charge is 0.409 e. The molecule has 1 aliphatic rings. The number of oxime groups is 1. The molecule has 0 bridgehead atoms. The van der Waals surface area contributed by atoms with Gasteiger partial charge >= 0.3 is 0 Å². The number of hydrogen-bond acceptors (Lipinski definition) is 7. The van der Waals surface area contributed by atoms with Crippen LogP contribution in [0.25, 0.3) is 0 Å². The third kappa shape index (κ3) is 3.37. The number of nitrogens with zero attached hydrogens (tertiary/aromatic N) is 4. The second kappa shape index (κ2) is 6.35. The zero-order valence-corrected chi connectivity index (χ0v) is 11.6. The van der Waals surface area contributed by atoms with Gasteiger partial charge in [0.05, 0.1) is 11.5 Å². The first-order valence-electron chi connectivity index (χ1n) is 6.47. The lowest BCUT2D eigenvalue weighted by Crippen LogP contribution is -2.31. The molecular weight excluding hydrogens is 278 g/mol. The molecule has 1 saturated carbocycles. The lowest BCUT2D eigenvalue weighted by atomic mass is 10.2. The third-order valence-corrected chi connectivity index (χ3v) is 3.22. The summed E-state index contributed by atoms with van der Waals surface area (Å²) in [6, 6.07) is 3.24. The minimum atomic E-state index is -0.610. The molecule has 0 atom stereocenters. The van der Waals surface area contributed by atoms with Crippen LogP contribution < -0.4 is 10.6 Å². The van der Waals surface area contributed by atoms with Gasteiger partial charge in [0.2, 0.25) is 0 Å². The summed E-state index contributed by atoms with van der Waals surface area (Å²) in [7, 11) is 1.61. The average Bonchev–Trinajstić information content (AvgIpc) is 3.31. The van der Waals surface area contributed by atoms with Gasteiger partial charge in [-0.05, 0) is 18.9 Å². The summed E-state index contributed by atoms with van der Waals surface area (Å²) in [5, 5.41) is 22.5. The van der Waals surface area contributed by atoms with Gasteiger partial charge in [-0.1, -0.05) is 5.16 Å². The minimum absolute atomic E-state index is 0.136. The predicted molar refractivity (Wildman–Crippen MR) is 75.6 cm³/mol. The molecule has 114 valence electrons. The summed E-state index contributed by atoms with van der Waals surface area (Å²) in [5.74, 6) is 0.174. The first-order valence-corrected chi connectivity index (χ1v) is 6.47. The van der Waals surface area contributed by atoms with Crippen LogP contribution in [0.15, 0.2) is 17.3 Å². The number of nitro groups is 1. The highest BCUT2D eigenvalue weighted by atomic mass is 16.6. The standard InChI is InChI=1S/C12H17N5O4/c1-21-7-6-16(8-2-3-8)10-5-4-9(17(19)20)11(14-10)12(13)15-18/h4-5,8,18H,2-3,6-7H2,1H3,(H2,13,15). The molecule has 0 radical (unpaired) electrons. The Bertz CT molecular complexity index is 559. The molecule has 0 aliphatic heterocycles. The van der Waals surface area contributed by atoms with Crippen LogP contribution in [0.2, 0.25) is 0 Å². The van der Waals surface area contributed by atoms with Crippen molar-refractivity contribution in [3.8, 4) is 0 Å². The third-order valence-electron chi connectivity index (χ3n) is 3.22. The van der Waals surface area contributed by atoms with Gasteiger partial charge in [-0.15, -0.1) is 0 Å². The van der Waals surface area contributed by atoms with E-state index in [2.05, 4.69) is 10.1 Å². The number of anilines is 1. The molecule has 9 heteroatoms. The number of aromatic nitrogens is 1. The Labute approximate surface area is 121 Å². The van der Waals surface area contributed by atoms with Crippen LogP contribution in [0.5, 0.6) is 0 Å².